The average molecular weight is 477 g/mol. The molecule has 30 heavy (non-hydrogen) atoms. The molecule has 1 aliphatic rings. The van der Waals surface area contributed by atoms with E-state index in [9.17, 15) is 9.50 Å². The van der Waals surface area contributed by atoms with Gasteiger partial charge in [0, 0.05) is 23.6 Å². The van der Waals surface area contributed by atoms with Crippen LogP contribution in [0.4, 0.5) is 10.1 Å². The molecule has 1 atom stereocenters. The number of nitrogens with one attached hydrogen (secondary N) is 1. The number of hydrogen-bond acceptors (Lipinski definition) is 7. The van der Waals surface area contributed by atoms with Crippen molar-refractivity contribution in [3.8, 4) is 11.6 Å². The molecule has 1 aromatic heterocycles. The Morgan fingerprint density at radius 2 is 2.10 bits per heavy atom. The van der Waals surface area contributed by atoms with Gasteiger partial charge in [-0.2, -0.15) is 0 Å². The van der Waals surface area contributed by atoms with E-state index in [-0.39, 0.29) is 18.8 Å². The maximum absolute atomic E-state index is 13.9. The van der Waals surface area contributed by atoms with Crippen LogP contribution in [0, 0.1) is 5.82 Å². The Kier molecular flexibility index (Phi) is 6.61. The van der Waals surface area contributed by atoms with Crippen molar-refractivity contribution in [1.82, 2.24) is 14.9 Å². The van der Waals surface area contributed by atoms with E-state index in [2.05, 4.69) is 31.2 Å². The number of likely N-dealkylation sites (tertiary alicyclic amines) is 1. The molecule has 1 saturated heterocycles. The lowest BCUT2D eigenvalue weighted by Gasteiger charge is -2.19. The van der Waals surface area contributed by atoms with E-state index in [0.29, 0.717) is 40.5 Å². The molecule has 1 aliphatic heterocycles. The number of aromatic nitrogens is 2. The van der Waals surface area contributed by atoms with E-state index >= 15 is 0 Å². The number of hydrogen-bond donors (Lipinski definition) is 2. The Bertz CT molecular complexity index is 1020. The molecule has 2 aromatic carbocycles. The summed E-state index contributed by atoms with van der Waals surface area (Å²) < 4.78 is 26.1. The molecule has 158 valence electrons. The van der Waals surface area contributed by atoms with Gasteiger partial charge < -0.3 is 19.9 Å². The molecular weight excluding hydrogens is 455 g/mol. The fraction of sp³-hybridized carbons (Fsp3) is 0.333. The van der Waals surface area contributed by atoms with Crippen LogP contribution in [0.2, 0.25) is 0 Å². The Morgan fingerprint density at radius 1 is 1.20 bits per heavy atom. The summed E-state index contributed by atoms with van der Waals surface area (Å²) in [5, 5.41) is 13.5. The summed E-state index contributed by atoms with van der Waals surface area (Å²) in [5.74, 6) is 0.719. The molecule has 2 heterocycles. The van der Waals surface area contributed by atoms with Gasteiger partial charge in [0.2, 0.25) is 5.88 Å². The van der Waals surface area contributed by atoms with E-state index < -0.39 is 0 Å². The van der Waals surface area contributed by atoms with Gasteiger partial charge in [-0.1, -0.05) is 15.9 Å². The van der Waals surface area contributed by atoms with Gasteiger partial charge in [0.05, 0.1) is 16.6 Å². The summed E-state index contributed by atoms with van der Waals surface area (Å²) in [5.41, 5.74) is 1.03. The van der Waals surface area contributed by atoms with E-state index in [1.165, 1.54) is 12.4 Å². The largest absolute Gasteiger partial charge is 0.492 e. The van der Waals surface area contributed by atoms with Gasteiger partial charge >= 0.3 is 0 Å². The van der Waals surface area contributed by atoms with Gasteiger partial charge in [-0.25, -0.2) is 14.4 Å². The second-order valence-electron chi connectivity index (χ2n) is 6.95. The van der Waals surface area contributed by atoms with Crippen LogP contribution < -0.4 is 14.8 Å². The molecule has 9 heteroatoms. The van der Waals surface area contributed by atoms with Crippen molar-refractivity contribution < 1.29 is 19.0 Å². The van der Waals surface area contributed by atoms with Crippen LogP contribution in [-0.4, -0.2) is 52.6 Å². The minimum Gasteiger partial charge on any atom is -0.492 e. The molecule has 3 aromatic rings. The summed E-state index contributed by atoms with van der Waals surface area (Å²) in [6.07, 6.45) is 2.89. The summed E-state index contributed by atoms with van der Waals surface area (Å²) >= 11 is 3.23. The highest BCUT2D eigenvalue weighted by Gasteiger charge is 2.21. The maximum atomic E-state index is 13.9. The zero-order valence-electron chi connectivity index (χ0n) is 16.2. The Balaban J connectivity index is 1.36. The van der Waals surface area contributed by atoms with Crippen molar-refractivity contribution in [2.75, 3.05) is 31.7 Å². The van der Waals surface area contributed by atoms with E-state index in [0.717, 1.165) is 24.8 Å². The SMILES string of the molecule is OC1CCCN1CCOc1ccc2c(OCNc3ccc(Br)cc3F)ncnc2c1. The lowest BCUT2D eigenvalue weighted by molar-refractivity contribution is 0.0300. The molecule has 2 N–H and O–H groups in total. The predicted molar refractivity (Wildman–Crippen MR) is 115 cm³/mol. The van der Waals surface area contributed by atoms with Crippen molar-refractivity contribution in [1.29, 1.82) is 0 Å². The van der Waals surface area contributed by atoms with E-state index in [1.807, 2.05) is 23.1 Å². The average Bonchev–Trinajstić information content (AvgIpc) is 3.14. The number of aliphatic hydroxyl groups is 1. The topological polar surface area (TPSA) is 79.7 Å². The van der Waals surface area contributed by atoms with Crippen LogP contribution in [0.25, 0.3) is 10.9 Å². The maximum Gasteiger partial charge on any atom is 0.226 e. The highest BCUT2D eigenvalue weighted by molar-refractivity contribution is 9.10. The van der Waals surface area contributed by atoms with Gasteiger partial charge in [0.25, 0.3) is 0 Å². The predicted octanol–water partition coefficient (Wildman–Crippen LogP) is 3.77. The van der Waals surface area contributed by atoms with Gasteiger partial charge in [0.1, 0.15) is 30.7 Å². The normalized spacial score (nSPS) is 16.7. The molecule has 0 aliphatic carbocycles. The number of ether oxygens (including phenoxy) is 2. The molecule has 0 saturated carbocycles. The van der Waals surface area contributed by atoms with Crippen LogP contribution >= 0.6 is 15.9 Å². The van der Waals surface area contributed by atoms with Crippen molar-refractivity contribution in [2.24, 2.45) is 0 Å². The van der Waals surface area contributed by atoms with Crippen LogP contribution in [0.3, 0.4) is 0 Å². The summed E-state index contributed by atoms with van der Waals surface area (Å²) in [6.45, 7) is 2.12. The Labute approximate surface area is 182 Å². The second-order valence-corrected chi connectivity index (χ2v) is 7.87. The van der Waals surface area contributed by atoms with Crippen molar-refractivity contribution >= 4 is 32.5 Å². The number of anilines is 1. The highest BCUT2D eigenvalue weighted by Crippen LogP contribution is 2.26. The third-order valence-electron chi connectivity index (χ3n) is 4.95. The first-order valence-corrected chi connectivity index (χ1v) is 10.5. The molecular formula is C21H22BrFN4O3. The molecule has 0 bridgehead atoms. The van der Waals surface area contributed by atoms with Crippen LogP contribution in [-0.2, 0) is 0 Å². The fourth-order valence-electron chi connectivity index (χ4n) is 3.38. The molecule has 1 fully saturated rings. The number of rotatable bonds is 8. The fourth-order valence-corrected chi connectivity index (χ4v) is 3.72. The summed E-state index contributed by atoms with van der Waals surface area (Å²) in [4.78, 5) is 10.5. The Morgan fingerprint density at radius 3 is 2.90 bits per heavy atom. The van der Waals surface area contributed by atoms with E-state index in [4.69, 9.17) is 9.47 Å². The highest BCUT2D eigenvalue weighted by atomic mass is 79.9. The zero-order chi connectivity index (χ0) is 20.9. The number of benzene rings is 2. The van der Waals surface area contributed by atoms with Gasteiger partial charge in [-0.15, -0.1) is 0 Å². The minimum atomic E-state index is -0.372. The standard InChI is InChI=1S/C21H22BrFN4O3/c22-14-3-6-18(17(23)10-14)26-13-30-21-16-5-4-15(11-19(16)24-12-25-21)29-9-8-27-7-1-2-20(27)28/h3-6,10-12,20,26,28H,1-2,7-9,13H2. The van der Waals surface area contributed by atoms with Gasteiger partial charge in [-0.05, 0) is 43.2 Å². The van der Waals surface area contributed by atoms with Crippen LogP contribution in [0.15, 0.2) is 47.2 Å². The summed E-state index contributed by atoms with van der Waals surface area (Å²) in [6, 6.07) is 10.3. The van der Waals surface area contributed by atoms with Gasteiger partial charge in [-0.3, -0.25) is 4.90 Å². The third-order valence-corrected chi connectivity index (χ3v) is 5.44. The number of halogens is 2. The molecule has 1 unspecified atom stereocenters. The molecule has 0 amide bonds. The van der Waals surface area contributed by atoms with Crippen molar-refractivity contribution in [2.45, 2.75) is 19.1 Å². The van der Waals surface area contributed by atoms with Crippen LogP contribution in [0.5, 0.6) is 11.6 Å². The second kappa shape index (κ2) is 9.55. The smallest absolute Gasteiger partial charge is 0.226 e. The first-order valence-electron chi connectivity index (χ1n) is 9.71. The first-order chi connectivity index (χ1) is 14.6. The molecule has 7 nitrogen and oxygen atoms in total. The van der Waals surface area contributed by atoms with Crippen molar-refractivity contribution in [3.63, 3.8) is 0 Å². The third kappa shape index (κ3) is 4.97. The first kappa shape index (κ1) is 20.8. The lowest BCUT2D eigenvalue weighted by atomic mass is 10.2. The monoisotopic (exact) mass is 476 g/mol. The lowest BCUT2D eigenvalue weighted by Crippen LogP contribution is -2.32. The van der Waals surface area contributed by atoms with E-state index in [1.54, 1.807) is 12.1 Å². The molecule has 0 spiro atoms. The Hall–Kier alpha value is -2.49. The number of aliphatic hydroxyl groups excluding tert-OH is 1. The van der Waals surface area contributed by atoms with Crippen molar-refractivity contribution in [3.05, 3.63) is 53.0 Å². The minimum absolute atomic E-state index is 0.0566. The zero-order valence-corrected chi connectivity index (χ0v) is 17.8. The summed E-state index contributed by atoms with van der Waals surface area (Å²) in [7, 11) is 0. The number of fused-ring (bicyclic) bond motifs is 1. The van der Waals surface area contributed by atoms with Gasteiger partial charge in [0.15, 0.2) is 6.73 Å². The molecule has 4 rings (SSSR count). The van der Waals surface area contributed by atoms with Crippen LogP contribution in [0.1, 0.15) is 12.8 Å². The number of nitrogens with zero attached hydrogens (tertiary/aromatic N) is 3. The quantitative estimate of drug-likeness (QED) is 0.479. The molecule has 0 radical (unpaired) electrons.